The van der Waals surface area contributed by atoms with E-state index < -0.39 is 5.97 Å². The van der Waals surface area contributed by atoms with Crippen molar-refractivity contribution in [2.24, 2.45) is 5.10 Å². The predicted octanol–water partition coefficient (Wildman–Crippen LogP) is 1.59. The number of rotatable bonds is 7. The van der Waals surface area contributed by atoms with Crippen LogP contribution in [0.3, 0.4) is 0 Å². The predicted molar refractivity (Wildman–Crippen MR) is 98.3 cm³/mol. The molecule has 0 bridgehead atoms. The number of hydrazone groups is 1. The highest BCUT2D eigenvalue weighted by Crippen LogP contribution is 2.38. The molecule has 0 radical (unpaired) electrons. The molecule has 0 saturated heterocycles. The van der Waals surface area contributed by atoms with Crippen LogP contribution in [0.1, 0.15) is 23.9 Å². The molecule has 1 heterocycles. The molecule has 1 aromatic heterocycles. The number of nitrogens with zero attached hydrogens (tertiary/aromatic N) is 3. The van der Waals surface area contributed by atoms with Crippen molar-refractivity contribution in [3.63, 3.8) is 0 Å². The zero-order chi connectivity index (χ0) is 20.0. The third kappa shape index (κ3) is 5.30. The Balaban J connectivity index is 2.10. The zero-order valence-electron chi connectivity index (χ0n) is 15.9. The van der Waals surface area contributed by atoms with Crippen molar-refractivity contribution in [2.75, 3.05) is 14.2 Å². The lowest BCUT2D eigenvalue weighted by Crippen LogP contribution is -2.24. The van der Waals surface area contributed by atoms with Crippen molar-refractivity contribution in [1.29, 1.82) is 0 Å². The van der Waals surface area contributed by atoms with Crippen LogP contribution in [0, 0.1) is 13.8 Å². The third-order valence-corrected chi connectivity index (χ3v) is 3.53. The number of amides is 1. The molecular formula is C18H22N4O5. The van der Waals surface area contributed by atoms with Gasteiger partial charge < -0.3 is 14.2 Å². The number of aromatic nitrogens is 2. The molecule has 1 amide bonds. The topological polar surface area (TPSA) is 104 Å². The summed E-state index contributed by atoms with van der Waals surface area (Å²) in [7, 11) is 2.89. The fraction of sp³-hybridized carbons (Fsp3) is 0.333. The molecular weight excluding hydrogens is 352 g/mol. The highest BCUT2D eigenvalue weighted by molar-refractivity contribution is 5.85. The molecule has 27 heavy (non-hydrogen) atoms. The number of carbonyl (C=O) groups excluding carboxylic acids is 2. The van der Waals surface area contributed by atoms with E-state index in [2.05, 4.69) is 15.6 Å². The van der Waals surface area contributed by atoms with Gasteiger partial charge in [0, 0.05) is 18.2 Å². The first-order valence-corrected chi connectivity index (χ1v) is 8.11. The van der Waals surface area contributed by atoms with Gasteiger partial charge in [-0.2, -0.15) is 10.2 Å². The van der Waals surface area contributed by atoms with E-state index in [1.807, 2.05) is 19.9 Å². The second-order valence-corrected chi connectivity index (χ2v) is 5.73. The minimum absolute atomic E-state index is 0.0645. The first-order valence-electron chi connectivity index (χ1n) is 8.11. The summed E-state index contributed by atoms with van der Waals surface area (Å²) in [6.07, 6.45) is 1.43. The summed E-state index contributed by atoms with van der Waals surface area (Å²) < 4.78 is 17.2. The lowest BCUT2D eigenvalue weighted by atomic mass is 10.2. The average molecular weight is 374 g/mol. The maximum absolute atomic E-state index is 12.0. The van der Waals surface area contributed by atoms with Gasteiger partial charge in [-0.3, -0.25) is 14.3 Å². The molecule has 0 aliphatic heterocycles. The number of carbonyl (C=O) groups is 2. The largest absolute Gasteiger partial charge is 0.493 e. The summed E-state index contributed by atoms with van der Waals surface area (Å²) in [6.45, 7) is 5.08. The van der Waals surface area contributed by atoms with Gasteiger partial charge in [0.2, 0.25) is 5.75 Å². The second-order valence-electron chi connectivity index (χ2n) is 5.73. The third-order valence-electron chi connectivity index (χ3n) is 3.53. The van der Waals surface area contributed by atoms with Crippen LogP contribution in [0.4, 0.5) is 0 Å². The maximum atomic E-state index is 12.0. The summed E-state index contributed by atoms with van der Waals surface area (Å²) in [4.78, 5) is 23.2. The number of benzene rings is 1. The van der Waals surface area contributed by atoms with Crippen LogP contribution in [0.2, 0.25) is 0 Å². The van der Waals surface area contributed by atoms with Crippen LogP contribution in [-0.4, -0.2) is 42.1 Å². The maximum Gasteiger partial charge on any atom is 0.308 e. The number of aryl methyl sites for hydroxylation is 2. The minimum Gasteiger partial charge on any atom is -0.493 e. The van der Waals surface area contributed by atoms with Crippen LogP contribution in [-0.2, 0) is 16.1 Å². The fourth-order valence-electron chi connectivity index (χ4n) is 2.40. The molecule has 0 fully saturated rings. The Labute approximate surface area is 156 Å². The van der Waals surface area contributed by atoms with Crippen LogP contribution in [0.5, 0.6) is 17.2 Å². The van der Waals surface area contributed by atoms with Crippen molar-refractivity contribution in [1.82, 2.24) is 15.2 Å². The molecule has 0 aliphatic rings. The summed E-state index contributed by atoms with van der Waals surface area (Å²) in [5, 5.41) is 8.16. The molecule has 0 spiro atoms. The average Bonchev–Trinajstić information content (AvgIpc) is 2.92. The second kappa shape index (κ2) is 8.84. The molecule has 1 aromatic carbocycles. The first kappa shape index (κ1) is 20.0. The first-order chi connectivity index (χ1) is 12.8. The van der Waals surface area contributed by atoms with Gasteiger partial charge in [0.15, 0.2) is 11.5 Å². The number of esters is 1. The van der Waals surface area contributed by atoms with Gasteiger partial charge in [-0.25, -0.2) is 5.43 Å². The van der Waals surface area contributed by atoms with E-state index >= 15 is 0 Å². The molecule has 0 saturated carbocycles. The van der Waals surface area contributed by atoms with E-state index in [1.54, 1.807) is 16.8 Å². The van der Waals surface area contributed by atoms with Crippen LogP contribution in [0.25, 0.3) is 0 Å². The fourth-order valence-corrected chi connectivity index (χ4v) is 2.40. The van der Waals surface area contributed by atoms with E-state index in [1.165, 1.54) is 27.4 Å². The Morgan fingerprint density at radius 2 is 1.81 bits per heavy atom. The number of nitrogens with one attached hydrogen (secondary N) is 1. The van der Waals surface area contributed by atoms with E-state index in [9.17, 15) is 9.59 Å². The lowest BCUT2D eigenvalue weighted by molar-refractivity contribution is -0.132. The van der Waals surface area contributed by atoms with Gasteiger partial charge in [-0.05, 0) is 32.0 Å². The molecule has 144 valence electrons. The molecule has 2 rings (SSSR count). The SMILES string of the molecule is COc1cc(/C=N\NC(=O)Cn2nc(C)cc2C)cc(OC)c1OC(C)=O. The van der Waals surface area contributed by atoms with Gasteiger partial charge in [0.05, 0.1) is 26.1 Å². The highest BCUT2D eigenvalue weighted by Gasteiger charge is 2.15. The van der Waals surface area contributed by atoms with E-state index in [0.29, 0.717) is 17.1 Å². The van der Waals surface area contributed by atoms with Crippen molar-refractivity contribution >= 4 is 18.1 Å². The van der Waals surface area contributed by atoms with Gasteiger partial charge in [0.1, 0.15) is 6.54 Å². The monoisotopic (exact) mass is 374 g/mol. The Morgan fingerprint density at radius 3 is 2.30 bits per heavy atom. The van der Waals surface area contributed by atoms with Crippen molar-refractivity contribution in [2.45, 2.75) is 27.3 Å². The van der Waals surface area contributed by atoms with Crippen molar-refractivity contribution < 1.29 is 23.8 Å². The zero-order valence-corrected chi connectivity index (χ0v) is 15.9. The number of hydrogen-bond donors (Lipinski definition) is 1. The molecule has 9 nitrogen and oxygen atoms in total. The van der Waals surface area contributed by atoms with E-state index in [-0.39, 0.29) is 18.2 Å². The number of methoxy groups -OCH3 is 2. The van der Waals surface area contributed by atoms with Crippen molar-refractivity contribution in [3.05, 3.63) is 35.2 Å². The lowest BCUT2D eigenvalue weighted by Gasteiger charge is -2.13. The Bertz CT molecular complexity index is 848. The van der Waals surface area contributed by atoms with Crippen LogP contribution >= 0.6 is 0 Å². The molecule has 0 unspecified atom stereocenters. The van der Waals surface area contributed by atoms with Crippen molar-refractivity contribution in [3.8, 4) is 17.2 Å². The summed E-state index contributed by atoms with van der Waals surface area (Å²) in [5.41, 5.74) is 4.76. The molecule has 2 aromatic rings. The van der Waals surface area contributed by atoms with Gasteiger partial charge in [0.25, 0.3) is 5.91 Å². The van der Waals surface area contributed by atoms with E-state index in [0.717, 1.165) is 11.4 Å². The summed E-state index contributed by atoms with van der Waals surface area (Å²) in [5.74, 6) is -0.0181. The summed E-state index contributed by atoms with van der Waals surface area (Å²) in [6, 6.07) is 5.11. The molecule has 0 aliphatic carbocycles. The standard InChI is InChI=1S/C18H22N4O5/c1-11-6-12(2)22(21-11)10-17(24)20-19-9-14-7-15(25-4)18(27-13(3)23)16(8-14)26-5/h6-9H,10H2,1-5H3,(H,20,24)/b19-9-. The van der Waals surface area contributed by atoms with Crippen LogP contribution in [0.15, 0.2) is 23.3 Å². The number of ether oxygens (including phenoxy) is 3. The minimum atomic E-state index is -0.496. The van der Waals surface area contributed by atoms with E-state index in [4.69, 9.17) is 14.2 Å². The summed E-state index contributed by atoms with van der Waals surface area (Å²) >= 11 is 0. The normalized spacial score (nSPS) is 10.7. The Hall–Kier alpha value is -3.36. The highest BCUT2D eigenvalue weighted by atomic mass is 16.6. The van der Waals surface area contributed by atoms with Crippen LogP contribution < -0.4 is 19.6 Å². The van der Waals surface area contributed by atoms with Gasteiger partial charge in [-0.15, -0.1) is 0 Å². The quantitative estimate of drug-likeness (QED) is 0.342. The molecule has 9 heteroatoms. The Kier molecular flexibility index (Phi) is 6.53. The van der Waals surface area contributed by atoms with Gasteiger partial charge >= 0.3 is 5.97 Å². The molecule has 1 N–H and O–H groups in total. The Morgan fingerprint density at radius 1 is 1.19 bits per heavy atom. The molecule has 0 atom stereocenters. The number of hydrogen-bond acceptors (Lipinski definition) is 7. The smallest absolute Gasteiger partial charge is 0.308 e. The van der Waals surface area contributed by atoms with Gasteiger partial charge in [-0.1, -0.05) is 0 Å².